The zero-order valence-corrected chi connectivity index (χ0v) is 15.8. The normalized spacial score (nSPS) is 15.3. The summed E-state index contributed by atoms with van der Waals surface area (Å²) in [5.41, 5.74) is 0.237. The average molecular weight is 392 g/mol. The summed E-state index contributed by atoms with van der Waals surface area (Å²) in [6.07, 6.45) is 11.0. The second kappa shape index (κ2) is 11.3. The quantitative estimate of drug-likeness (QED) is 0.667. The van der Waals surface area contributed by atoms with Crippen molar-refractivity contribution in [3.8, 4) is 12.3 Å². The van der Waals surface area contributed by atoms with Crippen molar-refractivity contribution >= 4 is 12.0 Å². The smallest absolute Gasteiger partial charge is 0.407 e. The van der Waals surface area contributed by atoms with Crippen LogP contribution in [0.2, 0.25) is 0 Å². The summed E-state index contributed by atoms with van der Waals surface area (Å²) in [7, 11) is 0. The fourth-order valence-electron chi connectivity index (χ4n) is 3.41. The van der Waals surface area contributed by atoms with E-state index in [1.807, 2.05) is 0 Å². The van der Waals surface area contributed by atoms with Crippen LogP contribution in [0, 0.1) is 29.9 Å². The minimum Gasteiger partial charge on any atom is -0.450 e. The van der Waals surface area contributed by atoms with Crippen LogP contribution in [0.3, 0.4) is 0 Å². The minimum atomic E-state index is -1.06. The van der Waals surface area contributed by atoms with Gasteiger partial charge in [-0.05, 0) is 30.0 Å². The van der Waals surface area contributed by atoms with Gasteiger partial charge in [0, 0.05) is 12.5 Å². The van der Waals surface area contributed by atoms with Gasteiger partial charge in [0.15, 0.2) is 0 Å². The highest BCUT2D eigenvalue weighted by Crippen LogP contribution is 2.26. The van der Waals surface area contributed by atoms with E-state index < -0.39 is 29.7 Å². The number of rotatable bonds is 8. The lowest BCUT2D eigenvalue weighted by Gasteiger charge is -2.22. The molecule has 1 aromatic carbocycles. The fourth-order valence-corrected chi connectivity index (χ4v) is 3.41. The SMILES string of the molecule is C#CCNC(=O)[C@H](Cc1cc(F)cc(F)c1)NC(=O)OCCC1CCCCC1. The minimum absolute atomic E-state index is 0.0226. The molecule has 5 nitrogen and oxygen atoms in total. The maximum Gasteiger partial charge on any atom is 0.407 e. The van der Waals surface area contributed by atoms with E-state index in [0.717, 1.165) is 37.5 Å². The molecule has 7 heteroatoms. The van der Waals surface area contributed by atoms with Crippen molar-refractivity contribution in [3.05, 3.63) is 35.4 Å². The highest BCUT2D eigenvalue weighted by atomic mass is 19.1. The molecule has 0 heterocycles. The van der Waals surface area contributed by atoms with Crippen LogP contribution in [-0.2, 0) is 16.0 Å². The molecule has 1 atom stereocenters. The molecule has 1 aromatic rings. The molecule has 152 valence electrons. The molecule has 1 aliphatic carbocycles. The zero-order valence-electron chi connectivity index (χ0n) is 15.8. The van der Waals surface area contributed by atoms with Gasteiger partial charge in [-0.2, -0.15) is 0 Å². The number of amides is 2. The predicted molar refractivity (Wildman–Crippen MR) is 101 cm³/mol. The number of hydrogen-bond donors (Lipinski definition) is 2. The first kappa shape index (κ1) is 21.7. The van der Waals surface area contributed by atoms with Crippen molar-refractivity contribution in [1.82, 2.24) is 10.6 Å². The molecule has 0 bridgehead atoms. The van der Waals surface area contributed by atoms with E-state index >= 15 is 0 Å². The molecule has 2 amide bonds. The summed E-state index contributed by atoms with van der Waals surface area (Å²) >= 11 is 0. The average Bonchev–Trinajstić information content (AvgIpc) is 2.65. The van der Waals surface area contributed by atoms with E-state index in [9.17, 15) is 18.4 Å². The second-order valence-electron chi connectivity index (χ2n) is 7.03. The maximum atomic E-state index is 13.4. The molecule has 0 radical (unpaired) electrons. The van der Waals surface area contributed by atoms with E-state index in [0.29, 0.717) is 5.92 Å². The van der Waals surface area contributed by atoms with Gasteiger partial charge in [-0.1, -0.05) is 38.0 Å². The summed E-state index contributed by atoms with van der Waals surface area (Å²) in [4.78, 5) is 24.4. The lowest BCUT2D eigenvalue weighted by Crippen LogP contribution is -2.48. The molecule has 28 heavy (non-hydrogen) atoms. The predicted octanol–water partition coefficient (Wildman–Crippen LogP) is 3.32. The van der Waals surface area contributed by atoms with E-state index in [-0.39, 0.29) is 25.1 Å². The number of nitrogens with one attached hydrogen (secondary N) is 2. The molecule has 0 aliphatic heterocycles. The van der Waals surface area contributed by atoms with Crippen molar-refractivity contribution in [2.24, 2.45) is 5.92 Å². The Balaban J connectivity index is 1.91. The van der Waals surface area contributed by atoms with Crippen LogP contribution in [0.15, 0.2) is 18.2 Å². The van der Waals surface area contributed by atoms with Gasteiger partial charge in [0.05, 0.1) is 13.2 Å². The Hall–Kier alpha value is -2.62. The van der Waals surface area contributed by atoms with Gasteiger partial charge in [0.2, 0.25) is 5.91 Å². The number of hydrogen-bond acceptors (Lipinski definition) is 3. The van der Waals surface area contributed by atoms with Crippen molar-refractivity contribution in [2.45, 2.75) is 51.0 Å². The molecule has 1 saturated carbocycles. The summed E-state index contributed by atoms with van der Waals surface area (Å²) in [5.74, 6) is 0.763. The number of terminal acetylenes is 1. The van der Waals surface area contributed by atoms with Gasteiger partial charge in [0.25, 0.3) is 0 Å². The lowest BCUT2D eigenvalue weighted by atomic mass is 9.87. The molecule has 0 saturated heterocycles. The number of benzene rings is 1. The Bertz CT molecular complexity index is 692. The first-order valence-corrected chi connectivity index (χ1v) is 9.57. The molecule has 2 rings (SSSR count). The van der Waals surface area contributed by atoms with Crippen LogP contribution in [0.4, 0.5) is 13.6 Å². The Morgan fingerprint density at radius 2 is 1.86 bits per heavy atom. The Labute approximate surface area is 164 Å². The summed E-state index contributed by atoms with van der Waals surface area (Å²) in [5, 5.41) is 4.93. The third kappa shape index (κ3) is 7.55. The second-order valence-corrected chi connectivity index (χ2v) is 7.03. The molecule has 0 unspecified atom stereocenters. The highest BCUT2D eigenvalue weighted by Gasteiger charge is 2.22. The van der Waals surface area contributed by atoms with E-state index in [1.165, 1.54) is 19.3 Å². The Morgan fingerprint density at radius 3 is 2.50 bits per heavy atom. The van der Waals surface area contributed by atoms with Gasteiger partial charge in [-0.3, -0.25) is 4.79 Å². The Morgan fingerprint density at radius 1 is 1.18 bits per heavy atom. The molecule has 0 aromatic heterocycles. The van der Waals surface area contributed by atoms with Crippen molar-refractivity contribution < 1.29 is 23.1 Å². The van der Waals surface area contributed by atoms with Crippen LogP contribution < -0.4 is 10.6 Å². The topological polar surface area (TPSA) is 67.4 Å². The van der Waals surface area contributed by atoms with Crippen LogP contribution >= 0.6 is 0 Å². The summed E-state index contributed by atoms with van der Waals surface area (Å²) < 4.78 is 32.0. The first-order chi connectivity index (χ1) is 13.5. The third-order valence-electron chi connectivity index (χ3n) is 4.82. The van der Waals surface area contributed by atoms with Crippen molar-refractivity contribution in [2.75, 3.05) is 13.2 Å². The van der Waals surface area contributed by atoms with E-state index in [2.05, 4.69) is 16.6 Å². The van der Waals surface area contributed by atoms with Gasteiger partial charge in [0.1, 0.15) is 17.7 Å². The highest BCUT2D eigenvalue weighted by molar-refractivity contribution is 5.86. The standard InChI is InChI=1S/C21H26F2N2O3/c1-2-9-24-20(26)19(13-16-11-17(22)14-18(23)12-16)25-21(27)28-10-8-15-6-4-3-5-7-15/h1,11-12,14-15,19H,3-10,13H2,(H,24,26)(H,25,27)/t19-/m0/s1. The summed E-state index contributed by atoms with van der Waals surface area (Å²) in [6.45, 7) is 0.245. The zero-order chi connectivity index (χ0) is 20.4. The Kier molecular flexibility index (Phi) is 8.73. The summed E-state index contributed by atoms with van der Waals surface area (Å²) in [6, 6.07) is 1.90. The van der Waals surface area contributed by atoms with Gasteiger partial charge in [-0.25, -0.2) is 13.6 Å². The molecule has 2 N–H and O–H groups in total. The van der Waals surface area contributed by atoms with Gasteiger partial charge in [-0.15, -0.1) is 6.42 Å². The van der Waals surface area contributed by atoms with Crippen LogP contribution in [0.5, 0.6) is 0 Å². The molecule has 0 spiro atoms. The van der Waals surface area contributed by atoms with Crippen molar-refractivity contribution in [3.63, 3.8) is 0 Å². The molecule has 1 fully saturated rings. The number of halogens is 2. The van der Waals surface area contributed by atoms with Crippen molar-refractivity contribution in [1.29, 1.82) is 0 Å². The van der Waals surface area contributed by atoms with E-state index in [4.69, 9.17) is 11.2 Å². The van der Waals surface area contributed by atoms with Crippen LogP contribution in [0.25, 0.3) is 0 Å². The molecule has 1 aliphatic rings. The fraction of sp³-hybridized carbons (Fsp3) is 0.524. The van der Waals surface area contributed by atoms with Gasteiger partial charge < -0.3 is 15.4 Å². The first-order valence-electron chi connectivity index (χ1n) is 9.57. The van der Waals surface area contributed by atoms with E-state index in [1.54, 1.807) is 0 Å². The van der Waals surface area contributed by atoms with Gasteiger partial charge >= 0.3 is 6.09 Å². The third-order valence-corrected chi connectivity index (χ3v) is 4.82. The lowest BCUT2D eigenvalue weighted by molar-refractivity contribution is -0.122. The number of ether oxygens (including phenoxy) is 1. The molecular weight excluding hydrogens is 366 g/mol. The largest absolute Gasteiger partial charge is 0.450 e. The monoisotopic (exact) mass is 392 g/mol. The number of carbonyl (C=O) groups excluding carboxylic acids is 2. The van der Waals surface area contributed by atoms with Crippen LogP contribution in [0.1, 0.15) is 44.1 Å². The maximum absolute atomic E-state index is 13.4. The van der Waals surface area contributed by atoms with Crippen LogP contribution in [-0.4, -0.2) is 31.2 Å². The number of carbonyl (C=O) groups is 2. The number of alkyl carbamates (subject to hydrolysis) is 1. The molecular formula is C21H26F2N2O3.